The van der Waals surface area contributed by atoms with Crippen molar-refractivity contribution in [2.24, 2.45) is 0 Å². The Labute approximate surface area is 138 Å². The first kappa shape index (κ1) is 16.3. The summed E-state index contributed by atoms with van der Waals surface area (Å²) in [5.41, 5.74) is 3.76. The van der Waals surface area contributed by atoms with E-state index in [0.717, 1.165) is 0 Å². The van der Waals surface area contributed by atoms with Gasteiger partial charge in [-0.15, -0.1) is 0 Å². The van der Waals surface area contributed by atoms with Crippen LogP contribution in [0.15, 0.2) is 67.0 Å². The third-order valence-corrected chi connectivity index (χ3v) is 2.61. The number of aromatic nitrogens is 1. The molecule has 0 amide bonds. The number of rotatable bonds is 1. The molecule has 0 unspecified atom stereocenters. The molecule has 5 heteroatoms. The van der Waals surface area contributed by atoms with Gasteiger partial charge in [0.1, 0.15) is 0 Å². The number of nitrogens with zero attached hydrogens (tertiary/aromatic N) is 1. The molecule has 0 aliphatic rings. The molecule has 0 atom stereocenters. The molecule has 96 valence electrons. The fourth-order valence-electron chi connectivity index (χ4n) is 1.84. The van der Waals surface area contributed by atoms with Crippen LogP contribution in [0, 0.1) is 0 Å². The minimum Gasteiger partial charge on any atom is -0.565 e. The van der Waals surface area contributed by atoms with Crippen LogP contribution < -0.4 is 34.7 Å². The summed E-state index contributed by atoms with van der Waals surface area (Å²) >= 11 is 0. The minimum atomic E-state index is -2.08. The van der Waals surface area contributed by atoms with Crippen molar-refractivity contribution in [1.82, 2.24) is 4.40 Å². The maximum atomic E-state index is 8.44. The molecule has 4 nitrogen and oxygen atoms in total. The predicted octanol–water partition coefficient (Wildman–Crippen LogP) is -0.502. The molecule has 2 heterocycles. The molecule has 1 aromatic carbocycles. The SMILES string of the molecule is O=C([O-])O.[Na+].c1ccc(-c2cc3ccccn3c2)cc1. The van der Waals surface area contributed by atoms with Crippen LogP contribution >= 0.6 is 0 Å². The number of carboxylic acid groups (broad SMARTS) is 2. The van der Waals surface area contributed by atoms with Crippen molar-refractivity contribution in [3.63, 3.8) is 0 Å². The standard InChI is InChI=1S/C14H11N.CH2O3.Na/c1-2-6-12(7-3-1)13-10-14-8-4-5-9-15(14)11-13;2-1(3)4;/h1-11H;(H2,2,3,4);/q;;+1/p-1. The Balaban J connectivity index is 0.000000359. The smallest absolute Gasteiger partial charge is 0.565 e. The van der Waals surface area contributed by atoms with Gasteiger partial charge < -0.3 is 19.4 Å². The molecule has 0 radical (unpaired) electrons. The van der Waals surface area contributed by atoms with Crippen LogP contribution in [0.4, 0.5) is 4.79 Å². The normalized spacial score (nSPS) is 9.20. The molecule has 0 fully saturated rings. The Morgan fingerprint density at radius 1 is 1.00 bits per heavy atom. The van der Waals surface area contributed by atoms with E-state index in [9.17, 15) is 0 Å². The van der Waals surface area contributed by atoms with Crippen LogP contribution in [0.3, 0.4) is 0 Å². The Hall–Kier alpha value is -1.75. The third-order valence-electron chi connectivity index (χ3n) is 2.61. The molecule has 20 heavy (non-hydrogen) atoms. The molecular weight excluding hydrogens is 265 g/mol. The van der Waals surface area contributed by atoms with E-state index in [0.29, 0.717) is 0 Å². The van der Waals surface area contributed by atoms with Crippen molar-refractivity contribution in [1.29, 1.82) is 0 Å². The zero-order valence-corrected chi connectivity index (χ0v) is 13.1. The predicted molar refractivity (Wildman–Crippen MR) is 70.9 cm³/mol. The summed E-state index contributed by atoms with van der Waals surface area (Å²) in [5, 5.41) is 15.3. The van der Waals surface area contributed by atoms with Crippen LogP contribution in [-0.4, -0.2) is 15.7 Å². The summed E-state index contributed by atoms with van der Waals surface area (Å²) < 4.78 is 2.14. The van der Waals surface area contributed by atoms with E-state index >= 15 is 0 Å². The summed E-state index contributed by atoms with van der Waals surface area (Å²) in [6, 6.07) is 18.9. The van der Waals surface area contributed by atoms with Crippen molar-refractivity contribution in [3.05, 3.63) is 67.0 Å². The van der Waals surface area contributed by atoms with Crippen LogP contribution in [0.5, 0.6) is 0 Å². The number of hydrogen-bond acceptors (Lipinski definition) is 2. The second kappa shape index (κ2) is 7.75. The zero-order chi connectivity index (χ0) is 13.7. The fraction of sp³-hybridized carbons (Fsp3) is 0. The van der Waals surface area contributed by atoms with Gasteiger partial charge in [0.15, 0.2) is 0 Å². The maximum absolute atomic E-state index is 8.44. The average molecular weight is 277 g/mol. The Morgan fingerprint density at radius 3 is 2.20 bits per heavy atom. The van der Waals surface area contributed by atoms with Gasteiger partial charge >= 0.3 is 29.6 Å². The quantitative estimate of drug-likeness (QED) is 0.610. The number of carbonyl (C=O) groups is 1. The second-order valence-corrected chi connectivity index (χ2v) is 3.89. The zero-order valence-electron chi connectivity index (χ0n) is 11.1. The molecule has 3 rings (SSSR count). The van der Waals surface area contributed by atoms with Crippen LogP contribution in [0.25, 0.3) is 16.6 Å². The van der Waals surface area contributed by atoms with Gasteiger partial charge in [-0.3, -0.25) is 0 Å². The largest absolute Gasteiger partial charge is 1.00 e. The van der Waals surface area contributed by atoms with Gasteiger partial charge in [0.05, 0.1) is 0 Å². The van der Waals surface area contributed by atoms with E-state index in [1.54, 1.807) is 0 Å². The summed E-state index contributed by atoms with van der Waals surface area (Å²) in [6.07, 6.45) is 2.15. The molecule has 0 aliphatic carbocycles. The van der Waals surface area contributed by atoms with E-state index in [4.69, 9.17) is 15.0 Å². The fourth-order valence-corrected chi connectivity index (χ4v) is 1.84. The minimum absolute atomic E-state index is 0. The van der Waals surface area contributed by atoms with E-state index in [1.165, 1.54) is 16.6 Å². The second-order valence-electron chi connectivity index (χ2n) is 3.89. The van der Waals surface area contributed by atoms with E-state index in [-0.39, 0.29) is 29.6 Å². The molecule has 2 aromatic heterocycles. The van der Waals surface area contributed by atoms with Crippen molar-refractivity contribution < 1.29 is 44.6 Å². The van der Waals surface area contributed by atoms with Gasteiger partial charge in [-0.1, -0.05) is 36.4 Å². The van der Waals surface area contributed by atoms with Crippen LogP contribution in [0.1, 0.15) is 0 Å². The van der Waals surface area contributed by atoms with Gasteiger partial charge in [0.2, 0.25) is 6.16 Å². The van der Waals surface area contributed by atoms with E-state index in [2.05, 4.69) is 59.3 Å². The monoisotopic (exact) mass is 277 g/mol. The molecule has 0 bridgehead atoms. The number of fused-ring (bicyclic) bond motifs is 1. The first-order valence-electron chi connectivity index (χ1n) is 5.69. The average Bonchev–Trinajstić information content (AvgIpc) is 2.83. The number of hydrogen-bond donors (Lipinski definition) is 1. The molecule has 1 N–H and O–H groups in total. The number of benzene rings is 1. The third kappa shape index (κ3) is 4.42. The molecule has 3 aromatic rings. The Bertz CT molecular complexity index is 643. The van der Waals surface area contributed by atoms with E-state index < -0.39 is 6.16 Å². The number of pyridine rings is 1. The Morgan fingerprint density at radius 2 is 1.60 bits per heavy atom. The summed E-state index contributed by atoms with van der Waals surface area (Å²) in [5.74, 6) is 0. The van der Waals surface area contributed by atoms with Gasteiger partial charge in [0.25, 0.3) is 0 Å². The van der Waals surface area contributed by atoms with Crippen molar-refractivity contribution in [2.45, 2.75) is 0 Å². The van der Waals surface area contributed by atoms with Crippen LogP contribution in [0.2, 0.25) is 0 Å². The topological polar surface area (TPSA) is 64.8 Å². The van der Waals surface area contributed by atoms with E-state index in [1.807, 2.05) is 12.1 Å². The van der Waals surface area contributed by atoms with Crippen molar-refractivity contribution >= 4 is 11.7 Å². The first-order chi connectivity index (χ1) is 9.16. The summed E-state index contributed by atoms with van der Waals surface area (Å²) in [6.45, 7) is 0. The molecule has 0 saturated heterocycles. The molecule has 0 aliphatic heterocycles. The first-order valence-corrected chi connectivity index (χ1v) is 5.69. The van der Waals surface area contributed by atoms with Gasteiger partial charge in [0, 0.05) is 23.5 Å². The molecule has 0 saturated carbocycles. The summed E-state index contributed by atoms with van der Waals surface area (Å²) in [7, 11) is 0. The van der Waals surface area contributed by atoms with Crippen molar-refractivity contribution in [2.75, 3.05) is 0 Å². The summed E-state index contributed by atoms with van der Waals surface area (Å²) in [4.78, 5) is 8.44. The van der Waals surface area contributed by atoms with Gasteiger partial charge in [-0.05, 0) is 23.8 Å². The van der Waals surface area contributed by atoms with Crippen LogP contribution in [-0.2, 0) is 0 Å². The van der Waals surface area contributed by atoms with Gasteiger partial charge in [-0.25, -0.2) is 0 Å². The Kier molecular flexibility index (Phi) is 6.31. The molecular formula is C15H12NNaO3. The van der Waals surface area contributed by atoms with Gasteiger partial charge in [-0.2, -0.15) is 0 Å². The maximum Gasteiger partial charge on any atom is 1.00 e. The molecule has 0 spiro atoms. The van der Waals surface area contributed by atoms with Crippen molar-refractivity contribution in [3.8, 4) is 11.1 Å².